The van der Waals surface area contributed by atoms with Crippen LogP contribution in [0.5, 0.6) is 0 Å². The number of anilines is 3. The van der Waals surface area contributed by atoms with E-state index in [9.17, 15) is 0 Å². The molecule has 0 unspecified atom stereocenters. The number of fused-ring (bicyclic) bond motifs is 8. The van der Waals surface area contributed by atoms with Crippen molar-refractivity contribution in [2.75, 3.05) is 4.90 Å². The van der Waals surface area contributed by atoms with Gasteiger partial charge in [-0.15, -0.1) is 0 Å². The van der Waals surface area contributed by atoms with Gasteiger partial charge in [0, 0.05) is 38.6 Å². The van der Waals surface area contributed by atoms with Crippen LogP contribution in [0.15, 0.2) is 186 Å². The molecule has 0 spiro atoms. The molecule has 0 saturated carbocycles. The monoisotopic (exact) mass is 626 g/mol. The molecule has 0 radical (unpaired) electrons. The fourth-order valence-electron chi connectivity index (χ4n) is 7.54. The smallest absolute Gasteiger partial charge is 0.159 e. The van der Waals surface area contributed by atoms with Gasteiger partial charge in [-0.2, -0.15) is 0 Å². The highest BCUT2D eigenvalue weighted by atomic mass is 16.3. The molecule has 2 aromatic heterocycles. The van der Waals surface area contributed by atoms with Gasteiger partial charge in [-0.25, -0.2) is 0 Å². The van der Waals surface area contributed by atoms with Crippen LogP contribution in [0.2, 0.25) is 0 Å². The molecule has 0 fully saturated rings. The van der Waals surface area contributed by atoms with Crippen molar-refractivity contribution in [3.8, 4) is 16.8 Å². The Bertz CT molecular complexity index is 2810. The molecule has 3 nitrogen and oxygen atoms in total. The molecule has 0 bridgehead atoms. The summed E-state index contributed by atoms with van der Waals surface area (Å²) >= 11 is 0. The molecule has 10 aromatic rings. The molecular formula is C46H30N2O. The van der Waals surface area contributed by atoms with Crippen LogP contribution in [0.3, 0.4) is 0 Å². The molecular weight excluding hydrogens is 597 g/mol. The number of hydrogen-bond donors (Lipinski definition) is 0. The summed E-state index contributed by atoms with van der Waals surface area (Å²) in [4.78, 5) is 2.31. The van der Waals surface area contributed by atoms with E-state index in [0.29, 0.717) is 0 Å². The number of rotatable bonds is 5. The molecule has 3 heteroatoms. The minimum absolute atomic E-state index is 0.866. The lowest BCUT2D eigenvalue weighted by Crippen LogP contribution is -2.09. The average molecular weight is 627 g/mol. The topological polar surface area (TPSA) is 21.3 Å². The molecule has 230 valence electrons. The Kier molecular flexibility index (Phi) is 6.18. The normalized spacial score (nSPS) is 11.7. The zero-order chi connectivity index (χ0) is 32.3. The van der Waals surface area contributed by atoms with Crippen molar-refractivity contribution in [1.29, 1.82) is 0 Å². The molecule has 8 aromatic carbocycles. The predicted molar refractivity (Wildman–Crippen MR) is 206 cm³/mol. The Morgan fingerprint density at radius 3 is 1.90 bits per heavy atom. The van der Waals surface area contributed by atoms with E-state index in [-0.39, 0.29) is 0 Å². The van der Waals surface area contributed by atoms with Crippen LogP contribution in [0.1, 0.15) is 0 Å². The quantitative estimate of drug-likeness (QED) is 0.190. The molecule has 0 atom stereocenters. The molecule has 0 aliphatic carbocycles. The SMILES string of the molecule is c1ccc(-c2ccc(N(c3ccccc3)c3ccc4oc5c(-n6c7ccccc7c7c8ccccc8ccc76)cccc5c4c3)cc2)cc1. The van der Waals surface area contributed by atoms with E-state index in [1.54, 1.807) is 0 Å². The highest BCUT2D eigenvalue weighted by Crippen LogP contribution is 2.42. The maximum absolute atomic E-state index is 6.76. The Labute approximate surface area is 283 Å². The summed E-state index contributed by atoms with van der Waals surface area (Å²) in [5.41, 5.74) is 10.8. The Morgan fingerprint density at radius 2 is 1.06 bits per heavy atom. The van der Waals surface area contributed by atoms with Crippen molar-refractivity contribution in [3.63, 3.8) is 0 Å². The first-order chi connectivity index (χ1) is 24.3. The largest absolute Gasteiger partial charge is 0.454 e. The molecule has 0 N–H and O–H groups in total. The summed E-state index contributed by atoms with van der Waals surface area (Å²) in [5, 5.41) is 7.18. The zero-order valence-electron chi connectivity index (χ0n) is 26.6. The predicted octanol–water partition coefficient (Wildman–Crippen LogP) is 13.0. The van der Waals surface area contributed by atoms with Crippen LogP contribution in [0.25, 0.3) is 71.3 Å². The molecule has 0 aliphatic heterocycles. The second-order valence-electron chi connectivity index (χ2n) is 12.6. The van der Waals surface area contributed by atoms with Gasteiger partial charge in [0.1, 0.15) is 5.58 Å². The van der Waals surface area contributed by atoms with Crippen LogP contribution in [-0.2, 0) is 0 Å². The highest BCUT2D eigenvalue weighted by Gasteiger charge is 2.20. The standard InChI is InChI=1S/C46H30N2O/c1-3-12-31(13-4-1)32-22-25-35(26-23-32)47(34-15-5-2-6-16-34)36-27-29-44-40(30-36)38-19-11-21-43(46(38)49-44)48-41-20-10-9-18-39(41)45-37-17-8-7-14-33(37)24-28-42(45)48/h1-30H. The lowest BCUT2D eigenvalue weighted by Gasteiger charge is -2.25. The first kappa shape index (κ1) is 27.5. The van der Waals surface area contributed by atoms with Crippen molar-refractivity contribution in [2.45, 2.75) is 0 Å². The fourth-order valence-corrected chi connectivity index (χ4v) is 7.54. The summed E-state index contributed by atoms with van der Waals surface area (Å²) in [6.45, 7) is 0. The van der Waals surface area contributed by atoms with E-state index in [2.05, 4.69) is 191 Å². The summed E-state index contributed by atoms with van der Waals surface area (Å²) in [5.74, 6) is 0. The van der Waals surface area contributed by atoms with Crippen LogP contribution in [0.4, 0.5) is 17.1 Å². The summed E-state index contributed by atoms with van der Waals surface area (Å²) < 4.78 is 9.13. The highest BCUT2D eigenvalue weighted by molar-refractivity contribution is 6.22. The summed E-state index contributed by atoms with van der Waals surface area (Å²) in [7, 11) is 0. The van der Waals surface area contributed by atoms with Gasteiger partial charge in [-0.3, -0.25) is 0 Å². The number of para-hydroxylation sites is 3. The Balaban J connectivity index is 1.16. The second kappa shape index (κ2) is 11.0. The van der Waals surface area contributed by atoms with Crippen molar-refractivity contribution < 1.29 is 4.42 Å². The first-order valence-electron chi connectivity index (χ1n) is 16.7. The number of nitrogens with zero attached hydrogens (tertiary/aromatic N) is 2. The van der Waals surface area contributed by atoms with Crippen molar-refractivity contribution in [2.24, 2.45) is 0 Å². The third-order valence-electron chi connectivity index (χ3n) is 9.77. The Morgan fingerprint density at radius 1 is 0.408 bits per heavy atom. The minimum atomic E-state index is 0.866. The van der Waals surface area contributed by atoms with Gasteiger partial charge in [0.25, 0.3) is 0 Å². The van der Waals surface area contributed by atoms with Crippen molar-refractivity contribution in [3.05, 3.63) is 182 Å². The van der Waals surface area contributed by atoms with Gasteiger partial charge < -0.3 is 13.9 Å². The van der Waals surface area contributed by atoms with E-state index in [4.69, 9.17) is 4.42 Å². The van der Waals surface area contributed by atoms with Crippen molar-refractivity contribution >= 4 is 71.6 Å². The minimum Gasteiger partial charge on any atom is -0.454 e. The van der Waals surface area contributed by atoms with E-state index < -0.39 is 0 Å². The van der Waals surface area contributed by atoms with Gasteiger partial charge in [-0.1, -0.05) is 121 Å². The number of aromatic nitrogens is 1. The Hall–Kier alpha value is -6.58. The van der Waals surface area contributed by atoms with E-state index in [0.717, 1.165) is 50.2 Å². The third kappa shape index (κ3) is 4.37. The maximum atomic E-state index is 6.76. The van der Waals surface area contributed by atoms with Crippen molar-refractivity contribution in [1.82, 2.24) is 4.57 Å². The number of benzene rings is 8. The third-order valence-corrected chi connectivity index (χ3v) is 9.77. The molecule has 0 amide bonds. The average Bonchev–Trinajstić information content (AvgIpc) is 3.72. The van der Waals surface area contributed by atoms with E-state index in [1.165, 1.54) is 38.2 Å². The second-order valence-corrected chi connectivity index (χ2v) is 12.6. The first-order valence-corrected chi connectivity index (χ1v) is 16.7. The summed E-state index contributed by atoms with van der Waals surface area (Å²) in [6, 6.07) is 64.8. The summed E-state index contributed by atoms with van der Waals surface area (Å²) in [6.07, 6.45) is 0. The maximum Gasteiger partial charge on any atom is 0.159 e. The molecule has 0 saturated heterocycles. The van der Waals surface area contributed by atoms with Gasteiger partial charge in [-0.05, 0) is 82.6 Å². The molecule has 10 rings (SSSR count). The fraction of sp³-hybridized carbons (Fsp3) is 0. The van der Waals surface area contributed by atoms with E-state index in [1.807, 2.05) is 0 Å². The van der Waals surface area contributed by atoms with Crippen LogP contribution >= 0.6 is 0 Å². The van der Waals surface area contributed by atoms with Gasteiger partial charge >= 0.3 is 0 Å². The van der Waals surface area contributed by atoms with Gasteiger partial charge in [0.15, 0.2) is 5.58 Å². The zero-order valence-corrected chi connectivity index (χ0v) is 26.6. The molecule has 2 heterocycles. The van der Waals surface area contributed by atoms with Gasteiger partial charge in [0.05, 0.1) is 16.7 Å². The number of furan rings is 1. The lowest BCUT2D eigenvalue weighted by atomic mass is 10.0. The van der Waals surface area contributed by atoms with Crippen LogP contribution < -0.4 is 4.90 Å². The van der Waals surface area contributed by atoms with Crippen LogP contribution in [-0.4, -0.2) is 4.57 Å². The van der Waals surface area contributed by atoms with Crippen LogP contribution in [0, 0.1) is 0 Å². The van der Waals surface area contributed by atoms with Gasteiger partial charge in [0.2, 0.25) is 0 Å². The lowest BCUT2D eigenvalue weighted by molar-refractivity contribution is 0.666. The molecule has 0 aliphatic rings. The molecule has 49 heavy (non-hydrogen) atoms. The number of hydrogen-bond acceptors (Lipinski definition) is 2. The van der Waals surface area contributed by atoms with E-state index >= 15 is 0 Å².